The van der Waals surface area contributed by atoms with Crippen molar-refractivity contribution in [3.05, 3.63) is 0 Å². The molecule has 0 N–H and O–H groups in total. The van der Waals surface area contributed by atoms with Gasteiger partial charge in [0.2, 0.25) is 1.47 Å². The third kappa shape index (κ3) is 3.00. The highest BCUT2D eigenvalue weighted by atomic mass is 80.0. The van der Waals surface area contributed by atoms with Crippen LogP contribution in [0.1, 0.15) is 0 Å². The zero-order chi connectivity index (χ0) is 7.00. The third-order valence-corrected chi connectivity index (χ3v) is 7.04. The summed E-state index contributed by atoms with van der Waals surface area (Å²) in [7, 11) is 1.22. The zero-order valence-electron chi connectivity index (χ0n) is 3.24. The van der Waals surface area contributed by atoms with E-state index in [4.69, 9.17) is 10.7 Å². The van der Waals surface area contributed by atoms with Gasteiger partial charge in [-0.2, -0.15) is 0 Å². The molecule has 0 spiro atoms. The predicted molar refractivity (Wildman–Crippen MR) is 44.3 cm³/mol. The molecule has 7 heteroatoms. The van der Waals surface area contributed by atoms with Crippen LogP contribution in [0.5, 0.6) is 0 Å². The smallest absolute Gasteiger partial charge is 0.209 e. The molecule has 0 atom stereocenters. The first-order valence-electron chi connectivity index (χ1n) is 1.26. The van der Waals surface area contributed by atoms with Gasteiger partial charge in [-0.3, -0.25) is 0 Å². The van der Waals surface area contributed by atoms with Gasteiger partial charge in [-0.15, -0.1) is 0 Å². The van der Waals surface area contributed by atoms with Crippen molar-refractivity contribution in [2.75, 3.05) is 0 Å². The monoisotopic (exact) mass is 348 g/mol. The number of hydrogen-bond acceptors (Lipinski definition) is 2. The normalized spacial score (nSPS) is 14.0. The van der Waals surface area contributed by atoms with Crippen molar-refractivity contribution in [2.45, 2.75) is 1.47 Å². The molecule has 0 aliphatic heterocycles. The maximum absolute atomic E-state index is 10.3. The van der Waals surface area contributed by atoms with E-state index in [1.54, 1.807) is 0 Å². The van der Waals surface area contributed by atoms with Crippen LogP contribution in [0.25, 0.3) is 0 Å². The molecule has 2 nitrogen and oxygen atoms in total. The molecule has 8 heavy (non-hydrogen) atoms. The molecule has 0 radical (unpaired) electrons. The number of halogens is 4. The highest BCUT2D eigenvalue weighted by Crippen LogP contribution is 2.41. The summed E-state index contributed by atoms with van der Waals surface area (Å²) >= 11 is 8.14. The largest absolute Gasteiger partial charge is 0.268 e. The van der Waals surface area contributed by atoms with Crippen LogP contribution in [-0.4, -0.2) is 9.89 Å². The van der Waals surface area contributed by atoms with Gasteiger partial charge in [0, 0.05) is 10.7 Å². The Morgan fingerprint density at radius 2 is 1.38 bits per heavy atom. The highest BCUT2D eigenvalue weighted by Gasteiger charge is 2.33. The van der Waals surface area contributed by atoms with E-state index in [0.29, 0.717) is 0 Å². The van der Waals surface area contributed by atoms with Crippen molar-refractivity contribution in [3.8, 4) is 0 Å². The molecule has 0 aliphatic rings. The number of hydrogen-bond donors (Lipinski definition) is 0. The molecule has 0 saturated carbocycles. The van der Waals surface area contributed by atoms with Gasteiger partial charge in [-0.1, -0.05) is 0 Å². The number of alkyl halides is 3. The summed E-state index contributed by atoms with van der Waals surface area (Å²) in [6.07, 6.45) is 0. The summed E-state index contributed by atoms with van der Waals surface area (Å²) in [5.41, 5.74) is 0. The standard InChI is InChI=1S/CBr3ClO2S/c2-1(3,4)8(5,6)7. The minimum atomic E-state index is -3.62. The molecule has 0 saturated heterocycles. The Labute approximate surface area is 76.8 Å². The maximum Gasteiger partial charge on any atom is 0.268 e. The molecule has 0 fully saturated rings. The van der Waals surface area contributed by atoms with Gasteiger partial charge in [-0.05, 0) is 47.8 Å². The fourth-order valence-corrected chi connectivity index (χ4v) is 0. The lowest BCUT2D eigenvalue weighted by atomic mass is 11.9. The van der Waals surface area contributed by atoms with Crippen LogP contribution in [0.3, 0.4) is 0 Å². The Hall–Kier alpha value is 1.68. The van der Waals surface area contributed by atoms with Gasteiger partial charge >= 0.3 is 0 Å². The lowest BCUT2D eigenvalue weighted by molar-refractivity contribution is 0.612. The van der Waals surface area contributed by atoms with E-state index in [-0.39, 0.29) is 0 Å². The Morgan fingerprint density at radius 1 is 1.25 bits per heavy atom. The number of rotatable bonds is 0. The molecular formula is CBr3ClO2S. The van der Waals surface area contributed by atoms with Crippen molar-refractivity contribution in [2.24, 2.45) is 0 Å². The minimum Gasteiger partial charge on any atom is -0.209 e. The summed E-state index contributed by atoms with van der Waals surface area (Å²) in [5, 5.41) is 0. The first kappa shape index (κ1) is 9.68. The fourth-order valence-electron chi connectivity index (χ4n) is 0. The van der Waals surface area contributed by atoms with E-state index in [9.17, 15) is 8.42 Å². The Bertz CT molecular complexity index is 166. The predicted octanol–water partition coefficient (Wildman–Crippen LogP) is 2.35. The van der Waals surface area contributed by atoms with E-state index in [1.807, 2.05) is 0 Å². The first-order valence-corrected chi connectivity index (χ1v) is 5.95. The molecule has 50 valence electrons. The van der Waals surface area contributed by atoms with E-state index in [1.165, 1.54) is 0 Å². The van der Waals surface area contributed by atoms with Gasteiger partial charge in [0.05, 0.1) is 0 Å². The summed E-state index contributed by atoms with van der Waals surface area (Å²) in [6.45, 7) is 0. The van der Waals surface area contributed by atoms with Crippen LogP contribution in [-0.2, 0) is 9.05 Å². The van der Waals surface area contributed by atoms with Gasteiger partial charge in [0.1, 0.15) is 0 Å². The summed E-state index contributed by atoms with van der Waals surface area (Å²) in [4.78, 5) is 0. The van der Waals surface area contributed by atoms with Crippen molar-refractivity contribution in [3.63, 3.8) is 0 Å². The fraction of sp³-hybridized carbons (Fsp3) is 1.00. The zero-order valence-corrected chi connectivity index (χ0v) is 9.57. The van der Waals surface area contributed by atoms with E-state index in [0.717, 1.165) is 0 Å². The van der Waals surface area contributed by atoms with Crippen molar-refractivity contribution >= 4 is 67.5 Å². The second kappa shape index (κ2) is 2.74. The second-order valence-electron chi connectivity index (χ2n) is 0.884. The van der Waals surface area contributed by atoms with Crippen LogP contribution in [0.2, 0.25) is 0 Å². The van der Waals surface area contributed by atoms with E-state index < -0.39 is 10.5 Å². The SMILES string of the molecule is O=S(=O)(Cl)C(Br)(Br)Br. The summed E-state index contributed by atoms with van der Waals surface area (Å²) in [5.74, 6) is 0. The first-order chi connectivity index (χ1) is 3.25. The van der Waals surface area contributed by atoms with Crippen LogP contribution in [0.4, 0.5) is 0 Å². The van der Waals surface area contributed by atoms with Crippen LogP contribution in [0.15, 0.2) is 0 Å². The highest BCUT2D eigenvalue weighted by molar-refractivity contribution is 9.42. The minimum absolute atomic E-state index is 1.39. The second-order valence-corrected chi connectivity index (χ2v) is 11.9. The van der Waals surface area contributed by atoms with E-state index in [2.05, 4.69) is 47.8 Å². The quantitative estimate of drug-likeness (QED) is 0.496. The van der Waals surface area contributed by atoms with Gasteiger partial charge < -0.3 is 0 Å². The Kier molecular flexibility index (Phi) is 3.31. The van der Waals surface area contributed by atoms with Crippen molar-refractivity contribution in [1.82, 2.24) is 0 Å². The lowest BCUT2D eigenvalue weighted by Gasteiger charge is -2.04. The molecule has 0 rings (SSSR count). The summed E-state index contributed by atoms with van der Waals surface area (Å²) < 4.78 is 19.2. The molecule has 0 heterocycles. The van der Waals surface area contributed by atoms with Crippen LogP contribution in [0, 0.1) is 0 Å². The Balaban J connectivity index is 4.53. The van der Waals surface area contributed by atoms with Gasteiger partial charge in [0.25, 0.3) is 9.05 Å². The molecule has 0 unspecified atom stereocenters. The average molecular weight is 351 g/mol. The van der Waals surface area contributed by atoms with Crippen LogP contribution < -0.4 is 0 Å². The maximum atomic E-state index is 10.3. The topological polar surface area (TPSA) is 34.1 Å². The van der Waals surface area contributed by atoms with Crippen molar-refractivity contribution < 1.29 is 8.42 Å². The molecule has 0 bridgehead atoms. The lowest BCUT2D eigenvalue weighted by Crippen LogP contribution is -2.09. The van der Waals surface area contributed by atoms with Crippen molar-refractivity contribution in [1.29, 1.82) is 0 Å². The third-order valence-electron chi connectivity index (χ3n) is 0.276. The molecular weight excluding hydrogens is 351 g/mol. The molecule has 0 aromatic carbocycles. The van der Waals surface area contributed by atoms with Gasteiger partial charge in [0.15, 0.2) is 0 Å². The average Bonchev–Trinajstić information content (AvgIpc) is 1.25. The Morgan fingerprint density at radius 3 is 1.38 bits per heavy atom. The molecule has 0 aliphatic carbocycles. The van der Waals surface area contributed by atoms with E-state index >= 15 is 0 Å². The molecule has 0 aromatic heterocycles. The van der Waals surface area contributed by atoms with Gasteiger partial charge in [-0.25, -0.2) is 8.42 Å². The van der Waals surface area contributed by atoms with Crippen LogP contribution >= 0.6 is 58.5 Å². The molecule has 0 amide bonds. The summed E-state index contributed by atoms with van der Waals surface area (Å²) in [6, 6.07) is 0. The molecule has 0 aromatic rings.